The van der Waals surface area contributed by atoms with Crippen LogP contribution in [0.4, 0.5) is 5.00 Å². The number of halogens is 1. The number of hydrogen-bond acceptors (Lipinski definition) is 7. The van der Waals surface area contributed by atoms with Crippen LogP contribution in [0.3, 0.4) is 0 Å². The van der Waals surface area contributed by atoms with Gasteiger partial charge in [-0.25, -0.2) is 14.6 Å². The third-order valence-corrected chi connectivity index (χ3v) is 6.95. The van der Waals surface area contributed by atoms with Crippen molar-refractivity contribution in [1.29, 1.82) is 5.26 Å². The Balaban J connectivity index is 1.54. The fraction of sp³-hybridized carbons (Fsp3) is 0.150. The molecule has 0 aliphatic rings. The number of rotatable bonds is 5. The number of hydrogen-bond donors (Lipinski definition) is 1. The van der Waals surface area contributed by atoms with Gasteiger partial charge in [0, 0.05) is 4.88 Å². The molecule has 1 aromatic carbocycles. The van der Waals surface area contributed by atoms with Gasteiger partial charge in [-0.15, -0.1) is 11.3 Å². The van der Waals surface area contributed by atoms with Crippen LogP contribution >= 0.6 is 34.7 Å². The Morgan fingerprint density at radius 3 is 2.90 bits per heavy atom. The van der Waals surface area contributed by atoms with E-state index in [-0.39, 0.29) is 11.7 Å². The molecule has 7 nitrogen and oxygen atoms in total. The Kier molecular flexibility index (Phi) is 5.72. The maximum absolute atomic E-state index is 12.5. The summed E-state index contributed by atoms with van der Waals surface area (Å²) in [7, 11) is 0. The number of aryl methyl sites for hydroxylation is 1. The van der Waals surface area contributed by atoms with Crippen molar-refractivity contribution in [2.24, 2.45) is 0 Å². The summed E-state index contributed by atoms with van der Waals surface area (Å²) < 4.78 is 1.65. The third kappa shape index (κ3) is 3.77. The second-order valence-electron chi connectivity index (χ2n) is 6.36. The second-order valence-corrected chi connectivity index (χ2v) is 8.96. The van der Waals surface area contributed by atoms with Gasteiger partial charge >= 0.3 is 0 Å². The lowest BCUT2D eigenvalue weighted by Gasteiger charge is -2.06. The fourth-order valence-corrected chi connectivity index (χ4v) is 4.89. The molecule has 10 heteroatoms. The smallest absolute Gasteiger partial charge is 0.235 e. The second kappa shape index (κ2) is 8.44. The minimum atomic E-state index is -0.206. The lowest BCUT2D eigenvalue weighted by atomic mass is 10.2. The predicted molar refractivity (Wildman–Crippen MR) is 120 cm³/mol. The van der Waals surface area contributed by atoms with Crippen LogP contribution in [0.25, 0.3) is 16.7 Å². The lowest BCUT2D eigenvalue weighted by molar-refractivity contribution is -0.113. The average Bonchev–Trinajstić information content (AvgIpc) is 3.28. The standard InChI is InChI=1S/C20H15ClN6OS2/c1-11-12(2)30-20(13(11)7-22)26-17(28)9-29-19-14-8-25-27(18(14)23-10-24-19)16-6-4-3-5-15(16)21/h3-6,8,10H,9H2,1-2H3,(H,26,28). The van der Waals surface area contributed by atoms with Crippen LogP contribution in [0.1, 0.15) is 16.0 Å². The summed E-state index contributed by atoms with van der Waals surface area (Å²) in [5.41, 5.74) is 2.74. The summed E-state index contributed by atoms with van der Waals surface area (Å²) in [4.78, 5) is 22.1. The summed E-state index contributed by atoms with van der Waals surface area (Å²) in [5.74, 6) is -0.0624. The van der Waals surface area contributed by atoms with Crippen molar-refractivity contribution in [3.8, 4) is 11.8 Å². The van der Waals surface area contributed by atoms with Crippen molar-refractivity contribution >= 4 is 56.6 Å². The number of anilines is 1. The average molecular weight is 455 g/mol. The van der Waals surface area contributed by atoms with Gasteiger partial charge < -0.3 is 5.32 Å². The maximum Gasteiger partial charge on any atom is 0.235 e. The van der Waals surface area contributed by atoms with Gasteiger partial charge in [0.1, 0.15) is 22.4 Å². The molecular weight excluding hydrogens is 440 g/mol. The van der Waals surface area contributed by atoms with Crippen LogP contribution < -0.4 is 5.32 Å². The molecule has 0 saturated heterocycles. The van der Waals surface area contributed by atoms with Crippen molar-refractivity contribution < 1.29 is 4.79 Å². The van der Waals surface area contributed by atoms with E-state index in [9.17, 15) is 10.1 Å². The summed E-state index contributed by atoms with van der Waals surface area (Å²) in [5, 5.41) is 19.1. The van der Waals surface area contributed by atoms with E-state index in [1.54, 1.807) is 16.9 Å². The number of thioether (sulfide) groups is 1. The minimum absolute atomic E-state index is 0.143. The zero-order chi connectivity index (χ0) is 21.3. The van der Waals surface area contributed by atoms with Gasteiger partial charge in [-0.3, -0.25) is 4.79 Å². The van der Waals surface area contributed by atoms with Gasteiger partial charge in [0.25, 0.3) is 0 Å². The number of fused-ring (bicyclic) bond motifs is 1. The summed E-state index contributed by atoms with van der Waals surface area (Å²) in [6.07, 6.45) is 3.11. The van der Waals surface area contributed by atoms with Crippen LogP contribution in [-0.4, -0.2) is 31.4 Å². The molecular formula is C20H15ClN6OS2. The molecule has 0 aliphatic carbocycles. The predicted octanol–water partition coefficient (Wildman–Crippen LogP) is 4.75. The van der Waals surface area contributed by atoms with Gasteiger partial charge in [0.05, 0.1) is 33.6 Å². The Morgan fingerprint density at radius 1 is 1.33 bits per heavy atom. The van der Waals surface area contributed by atoms with Crippen molar-refractivity contribution in [1.82, 2.24) is 19.7 Å². The van der Waals surface area contributed by atoms with Gasteiger partial charge in [-0.1, -0.05) is 35.5 Å². The SMILES string of the molecule is Cc1sc(NC(=O)CSc2ncnc3c2cnn3-c2ccccc2Cl)c(C#N)c1C. The largest absolute Gasteiger partial charge is 0.316 e. The first kappa shape index (κ1) is 20.3. The molecule has 30 heavy (non-hydrogen) atoms. The summed E-state index contributed by atoms with van der Waals surface area (Å²) in [6, 6.07) is 9.52. The van der Waals surface area contributed by atoms with E-state index in [4.69, 9.17) is 11.6 Å². The molecule has 0 bridgehead atoms. The minimum Gasteiger partial charge on any atom is -0.316 e. The number of nitriles is 1. The van der Waals surface area contributed by atoms with Gasteiger partial charge in [-0.05, 0) is 31.5 Å². The number of aromatic nitrogens is 4. The quantitative estimate of drug-likeness (QED) is 0.345. The van der Waals surface area contributed by atoms with E-state index >= 15 is 0 Å². The van der Waals surface area contributed by atoms with Crippen LogP contribution in [0.5, 0.6) is 0 Å². The van der Waals surface area contributed by atoms with E-state index in [1.807, 2.05) is 32.0 Å². The fourth-order valence-electron chi connectivity index (χ4n) is 2.88. The van der Waals surface area contributed by atoms with Crippen molar-refractivity contribution in [3.63, 3.8) is 0 Å². The molecule has 0 radical (unpaired) electrons. The van der Waals surface area contributed by atoms with Gasteiger partial charge in [0.2, 0.25) is 5.91 Å². The first-order chi connectivity index (χ1) is 14.5. The Hall–Kier alpha value is -2.93. The number of thiophene rings is 1. The molecule has 3 aromatic heterocycles. The Morgan fingerprint density at radius 2 is 2.13 bits per heavy atom. The van der Waals surface area contributed by atoms with E-state index in [1.165, 1.54) is 29.4 Å². The lowest BCUT2D eigenvalue weighted by Crippen LogP contribution is -2.14. The highest BCUT2D eigenvalue weighted by molar-refractivity contribution is 8.00. The number of carbonyl (C=O) groups is 1. The number of nitrogens with zero attached hydrogens (tertiary/aromatic N) is 5. The molecule has 3 heterocycles. The molecule has 0 aliphatic heterocycles. The third-order valence-electron chi connectivity index (χ3n) is 4.50. The zero-order valence-corrected chi connectivity index (χ0v) is 18.4. The van der Waals surface area contributed by atoms with Crippen LogP contribution in [0.15, 0.2) is 41.8 Å². The number of benzene rings is 1. The van der Waals surface area contributed by atoms with Gasteiger partial charge in [-0.2, -0.15) is 10.4 Å². The van der Waals surface area contributed by atoms with Crippen LogP contribution in [0.2, 0.25) is 5.02 Å². The van der Waals surface area contributed by atoms with E-state index in [2.05, 4.69) is 26.5 Å². The normalized spacial score (nSPS) is 10.9. The Labute approximate surface area is 185 Å². The van der Waals surface area contributed by atoms with E-state index in [0.717, 1.165) is 15.8 Å². The molecule has 0 unspecified atom stereocenters. The molecule has 150 valence electrons. The highest BCUT2D eigenvalue weighted by Crippen LogP contribution is 2.32. The summed E-state index contributed by atoms with van der Waals surface area (Å²) >= 11 is 8.98. The Bertz CT molecular complexity index is 1310. The van der Waals surface area contributed by atoms with Crippen LogP contribution in [-0.2, 0) is 4.79 Å². The molecule has 0 spiro atoms. The molecule has 4 aromatic rings. The highest BCUT2D eigenvalue weighted by atomic mass is 35.5. The van der Waals surface area contributed by atoms with E-state index in [0.29, 0.717) is 31.9 Å². The molecule has 0 atom stereocenters. The number of amides is 1. The summed E-state index contributed by atoms with van der Waals surface area (Å²) in [6.45, 7) is 3.81. The topological polar surface area (TPSA) is 96.5 Å². The van der Waals surface area contributed by atoms with Crippen molar-refractivity contribution in [3.05, 3.63) is 57.8 Å². The molecule has 0 fully saturated rings. The monoisotopic (exact) mass is 454 g/mol. The molecule has 0 saturated carbocycles. The highest BCUT2D eigenvalue weighted by Gasteiger charge is 2.17. The number of nitrogens with one attached hydrogen (secondary N) is 1. The first-order valence-corrected chi connectivity index (χ1v) is 11.0. The van der Waals surface area contributed by atoms with E-state index < -0.39 is 0 Å². The maximum atomic E-state index is 12.5. The van der Waals surface area contributed by atoms with Crippen LogP contribution in [0, 0.1) is 25.2 Å². The number of carbonyl (C=O) groups excluding carboxylic acids is 1. The molecule has 1 amide bonds. The zero-order valence-electron chi connectivity index (χ0n) is 16.0. The van der Waals surface area contributed by atoms with Crippen molar-refractivity contribution in [2.45, 2.75) is 18.9 Å². The van der Waals surface area contributed by atoms with Gasteiger partial charge in [0.15, 0.2) is 5.65 Å². The molecule has 4 rings (SSSR count). The van der Waals surface area contributed by atoms with Crippen molar-refractivity contribution in [2.75, 3.05) is 11.1 Å². The number of para-hydroxylation sites is 1. The first-order valence-electron chi connectivity index (χ1n) is 8.86. The molecule has 1 N–H and O–H groups in total.